The van der Waals surface area contributed by atoms with Crippen LogP contribution in [0.15, 0.2) is 0 Å². The molecule has 0 aliphatic heterocycles. The Morgan fingerprint density at radius 2 is 1.31 bits per heavy atom. The summed E-state index contributed by atoms with van der Waals surface area (Å²) < 4.78 is 0. The van der Waals surface area contributed by atoms with Gasteiger partial charge in [-0.25, -0.2) is 0 Å². The molecule has 0 aliphatic rings. The third kappa shape index (κ3) is 2.40. The van der Waals surface area contributed by atoms with Crippen LogP contribution in [0.25, 0.3) is 0 Å². The third-order valence-electron chi connectivity index (χ3n) is 2.80. The molecule has 4 heteroatoms. The Bertz CT molecular complexity index is 137. The van der Waals surface area contributed by atoms with Crippen molar-refractivity contribution >= 4 is 0 Å². The quantitative estimate of drug-likeness (QED) is 0.467. The van der Waals surface area contributed by atoms with Crippen molar-refractivity contribution < 1.29 is 20.4 Å². The topological polar surface area (TPSA) is 80.9 Å². The van der Waals surface area contributed by atoms with Crippen molar-refractivity contribution in [1.82, 2.24) is 0 Å². The first kappa shape index (κ1) is 12.8. The van der Waals surface area contributed by atoms with Gasteiger partial charge in [-0.2, -0.15) is 0 Å². The Balaban J connectivity index is 4.71. The number of rotatable bonds is 5. The molecule has 0 aliphatic carbocycles. The summed E-state index contributed by atoms with van der Waals surface area (Å²) in [7, 11) is 0. The van der Waals surface area contributed by atoms with Crippen LogP contribution in [0.5, 0.6) is 0 Å². The first-order valence-corrected chi connectivity index (χ1v) is 4.53. The standard InChI is InChI=1S/C9H20O4/c1-6(4-10)9(13,8(3)12)7(2)5-11/h6-8,10-13H,4-5H2,1-3H3. The maximum atomic E-state index is 10.1. The normalized spacial score (nSPS) is 23.3. The Morgan fingerprint density at radius 3 is 1.46 bits per heavy atom. The Labute approximate surface area is 78.8 Å². The smallest absolute Gasteiger partial charge is 0.0996 e. The number of hydrogen-bond acceptors (Lipinski definition) is 4. The fourth-order valence-corrected chi connectivity index (χ4v) is 1.60. The molecule has 4 nitrogen and oxygen atoms in total. The van der Waals surface area contributed by atoms with Crippen molar-refractivity contribution in [3.63, 3.8) is 0 Å². The predicted octanol–water partition coefficient (Wildman–Crippen LogP) is -0.645. The van der Waals surface area contributed by atoms with Crippen LogP contribution < -0.4 is 0 Å². The summed E-state index contributed by atoms with van der Waals surface area (Å²) in [5, 5.41) is 37.3. The van der Waals surface area contributed by atoms with E-state index < -0.39 is 23.5 Å². The van der Waals surface area contributed by atoms with Gasteiger partial charge >= 0.3 is 0 Å². The number of aliphatic hydroxyl groups is 4. The van der Waals surface area contributed by atoms with Crippen LogP contribution in [-0.4, -0.2) is 45.3 Å². The molecule has 13 heavy (non-hydrogen) atoms. The Hall–Kier alpha value is -0.160. The van der Waals surface area contributed by atoms with Crippen LogP contribution in [0.1, 0.15) is 20.8 Å². The fourth-order valence-electron chi connectivity index (χ4n) is 1.60. The SMILES string of the molecule is CC(O)C(O)(C(C)CO)C(C)CO. The summed E-state index contributed by atoms with van der Waals surface area (Å²) in [6, 6.07) is 0. The molecule has 0 aromatic heterocycles. The number of aliphatic hydroxyl groups excluding tert-OH is 3. The van der Waals surface area contributed by atoms with Crippen molar-refractivity contribution in [2.24, 2.45) is 11.8 Å². The first-order valence-electron chi connectivity index (χ1n) is 4.53. The highest BCUT2D eigenvalue weighted by Gasteiger charge is 2.42. The molecule has 0 heterocycles. The average molecular weight is 192 g/mol. The molecule has 4 N–H and O–H groups in total. The zero-order valence-electron chi connectivity index (χ0n) is 8.44. The molecule has 0 bridgehead atoms. The van der Waals surface area contributed by atoms with Crippen LogP contribution >= 0.6 is 0 Å². The molecule has 0 saturated carbocycles. The zero-order valence-corrected chi connectivity index (χ0v) is 8.44. The molecular weight excluding hydrogens is 172 g/mol. The number of hydrogen-bond donors (Lipinski definition) is 4. The van der Waals surface area contributed by atoms with Gasteiger partial charge in [-0.3, -0.25) is 0 Å². The van der Waals surface area contributed by atoms with E-state index in [1.165, 1.54) is 6.92 Å². The molecule has 0 rings (SSSR count). The van der Waals surface area contributed by atoms with Crippen molar-refractivity contribution in [1.29, 1.82) is 0 Å². The molecule has 0 radical (unpaired) electrons. The van der Waals surface area contributed by atoms with Crippen molar-refractivity contribution in [3.05, 3.63) is 0 Å². The minimum atomic E-state index is -1.43. The van der Waals surface area contributed by atoms with Gasteiger partial charge in [0.05, 0.1) is 11.7 Å². The van der Waals surface area contributed by atoms with Crippen molar-refractivity contribution in [2.45, 2.75) is 32.5 Å². The van der Waals surface area contributed by atoms with E-state index in [1.807, 2.05) is 0 Å². The lowest BCUT2D eigenvalue weighted by molar-refractivity contribution is -0.153. The monoisotopic (exact) mass is 192 g/mol. The van der Waals surface area contributed by atoms with Gasteiger partial charge in [0.15, 0.2) is 0 Å². The molecule has 3 atom stereocenters. The predicted molar refractivity (Wildman–Crippen MR) is 49.1 cm³/mol. The van der Waals surface area contributed by atoms with E-state index in [9.17, 15) is 10.2 Å². The zero-order chi connectivity index (χ0) is 10.6. The molecule has 3 unspecified atom stereocenters. The average Bonchev–Trinajstić information content (AvgIpc) is 2.13. The second-order valence-electron chi connectivity index (χ2n) is 3.73. The van der Waals surface area contributed by atoms with Gasteiger partial charge in [-0.1, -0.05) is 13.8 Å². The van der Waals surface area contributed by atoms with Gasteiger partial charge in [0.1, 0.15) is 0 Å². The highest BCUT2D eigenvalue weighted by molar-refractivity contribution is 4.92. The minimum Gasteiger partial charge on any atom is -0.396 e. The van der Waals surface area contributed by atoms with Crippen LogP contribution in [-0.2, 0) is 0 Å². The lowest BCUT2D eigenvalue weighted by atomic mass is 9.75. The van der Waals surface area contributed by atoms with E-state index in [2.05, 4.69) is 0 Å². The fraction of sp³-hybridized carbons (Fsp3) is 1.00. The third-order valence-corrected chi connectivity index (χ3v) is 2.80. The summed E-state index contributed by atoms with van der Waals surface area (Å²) in [4.78, 5) is 0. The summed E-state index contributed by atoms with van der Waals surface area (Å²) >= 11 is 0. The van der Waals surface area contributed by atoms with E-state index in [1.54, 1.807) is 13.8 Å². The largest absolute Gasteiger partial charge is 0.396 e. The highest BCUT2D eigenvalue weighted by atomic mass is 16.3. The van der Waals surface area contributed by atoms with Gasteiger partial charge in [0, 0.05) is 25.0 Å². The molecule has 0 spiro atoms. The Kier molecular flexibility index (Phi) is 4.85. The van der Waals surface area contributed by atoms with Gasteiger partial charge in [0.2, 0.25) is 0 Å². The summed E-state index contributed by atoms with van der Waals surface area (Å²) in [5.74, 6) is -0.927. The molecule has 0 fully saturated rings. The second kappa shape index (κ2) is 4.91. The van der Waals surface area contributed by atoms with Gasteiger partial charge in [-0.15, -0.1) is 0 Å². The summed E-state index contributed by atoms with van der Waals surface area (Å²) in [5.41, 5.74) is -1.43. The maximum Gasteiger partial charge on any atom is 0.0996 e. The van der Waals surface area contributed by atoms with Crippen molar-refractivity contribution in [2.75, 3.05) is 13.2 Å². The van der Waals surface area contributed by atoms with Gasteiger partial charge < -0.3 is 20.4 Å². The van der Waals surface area contributed by atoms with E-state index in [-0.39, 0.29) is 13.2 Å². The van der Waals surface area contributed by atoms with E-state index in [4.69, 9.17) is 10.2 Å². The first-order chi connectivity index (χ1) is 5.91. The minimum absolute atomic E-state index is 0.217. The van der Waals surface area contributed by atoms with Crippen LogP contribution in [0.2, 0.25) is 0 Å². The maximum absolute atomic E-state index is 10.1. The van der Waals surface area contributed by atoms with Gasteiger partial charge in [-0.05, 0) is 6.92 Å². The molecule has 80 valence electrons. The summed E-state index contributed by atoms with van der Waals surface area (Å²) in [6.07, 6.45) is -0.975. The molecule has 0 aromatic carbocycles. The van der Waals surface area contributed by atoms with Crippen LogP contribution in [0, 0.1) is 11.8 Å². The highest BCUT2D eigenvalue weighted by Crippen LogP contribution is 2.29. The summed E-state index contributed by atoms with van der Waals surface area (Å²) in [6.45, 7) is 4.30. The van der Waals surface area contributed by atoms with E-state index in [0.717, 1.165) is 0 Å². The lowest BCUT2D eigenvalue weighted by Gasteiger charge is -2.40. The molecular formula is C9H20O4. The van der Waals surface area contributed by atoms with Gasteiger partial charge in [0.25, 0.3) is 0 Å². The molecule has 0 amide bonds. The molecule has 0 aromatic rings. The van der Waals surface area contributed by atoms with E-state index in [0.29, 0.717) is 0 Å². The lowest BCUT2D eigenvalue weighted by Crippen LogP contribution is -2.53. The second-order valence-corrected chi connectivity index (χ2v) is 3.73. The van der Waals surface area contributed by atoms with E-state index >= 15 is 0 Å². The molecule has 0 saturated heterocycles. The van der Waals surface area contributed by atoms with Crippen molar-refractivity contribution in [3.8, 4) is 0 Å². The van der Waals surface area contributed by atoms with Crippen LogP contribution in [0.4, 0.5) is 0 Å². The van der Waals surface area contributed by atoms with Crippen LogP contribution in [0.3, 0.4) is 0 Å². The Morgan fingerprint density at radius 1 is 1.00 bits per heavy atom.